The largest absolute Gasteiger partial charge is 0.376 e. The van der Waals surface area contributed by atoms with Crippen molar-refractivity contribution < 1.29 is 19.1 Å². The smallest absolute Gasteiger partial charge is 0.236 e. The van der Waals surface area contributed by atoms with Crippen LogP contribution in [-0.4, -0.2) is 43.0 Å². The molecule has 0 aliphatic heterocycles. The van der Waals surface area contributed by atoms with Crippen molar-refractivity contribution in [1.82, 2.24) is 10.6 Å². The zero-order chi connectivity index (χ0) is 20.5. The van der Waals surface area contributed by atoms with Crippen molar-refractivity contribution in [2.24, 2.45) is 11.7 Å². The van der Waals surface area contributed by atoms with Crippen LogP contribution in [0, 0.1) is 12.8 Å². The Labute approximate surface area is 178 Å². The minimum absolute atomic E-state index is 0. The van der Waals surface area contributed by atoms with Crippen LogP contribution in [-0.2, 0) is 25.5 Å². The summed E-state index contributed by atoms with van der Waals surface area (Å²) < 4.78 is 5.94. The highest BCUT2D eigenvalue weighted by Gasteiger charge is 2.35. The zero-order valence-electron chi connectivity index (χ0n) is 17.1. The molecule has 3 amide bonds. The van der Waals surface area contributed by atoms with E-state index in [1.54, 1.807) is 0 Å². The number of hydrogen-bond donors (Lipinski definition) is 3. The molecule has 1 aliphatic rings. The molecular weight excluding hydrogens is 394 g/mol. The van der Waals surface area contributed by atoms with Gasteiger partial charge in [0.1, 0.15) is 0 Å². The Morgan fingerprint density at radius 2 is 1.93 bits per heavy atom. The number of amides is 3. The molecule has 0 aromatic heterocycles. The molecule has 1 aromatic rings. The highest BCUT2D eigenvalue weighted by atomic mass is 35.5. The van der Waals surface area contributed by atoms with Crippen LogP contribution >= 0.6 is 12.4 Å². The van der Waals surface area contributed by atoms with Gasteiger partial charge in [-0.05, 0) is 43.7 Å². The van der Waals surface area contributed by atoms with Gasteiger partial charge in [-0.1, -0.05) is 31.2 Å². The number of primary amides is 1. The highest BCUT2D eigenvalue weighted by molar-refractivity contribution is 5.85. The standard InChI is InChI=1S/C21H31N3O4.ClH/c1-3-10-28-18-11-16(21(27)23-13-19(22)25)8-9-17(18)24-20(26)12-15-7-5-4-6-14(15)2;/h4-7,16-18H,3,8-13H2,1-2H3,(H2,22,25)(H,23,27)(H,24,26);1H/t16-,17+,18+;/m0./s1. The lowest BCUT2D eigenvalue weighted by atomic mass is 9.83. The van der Waals surface area contributed by atoms with E-state index in [2.05, 4.69) is 10.6 Å². The molecule has 7 nitrogen and oxygen atoms in total. The minimum Gasteiger partial charge on any atom is -0.376 e. The summed E-state index contributed by atoms with van der Waals surface area (Å²) >= 11 is 0. The summed E-state index contributed by atoms with van der Waals surface area (Å²) in [7, 11) is 0. The molecule has 0 unspecified atom stereocenters. The van der Waals surface area contributed by atoms with Crippen molar-refractivity contribution in [3.63, 3.8) is 0 Å². The summed E-state index contributed by atoms with van der Waals surface area (Å²) in [6.07, 6.45) is 2.76. The fourth-order valence-corrected chi connectivity index (χ4v) is 3.54. The average Bonchev–Trinajstić information content (AvgIpc) is 2.67. The number of rotatable bonds is 9. The monoisotopic (exact) mass is 425 g/mol. The SMILES string of the molecule is CCCO[C@@H]1C[C@@H](C(=O)NCC(N)=O)CC[C@H]1NC(=O)Cc1ccccc1C.Cl. The second-order valence-electron chi connectivity index (χ2n) is 7.38. The maximum atomic E-state index is 12.5. The van der Waals surface area contributed by atoms with E-state index in [-0.39, 0.29) is 48.8 Å². The lowest BCUT2D eigenvalue weighted by molar-refractivity contribution is -0.131. The van der Waals surface area contributed by atoms with E-state index < -0.39 is 5.91 Å². The van der Waals surface area contributed by atoms with Crippen LogP contribution < -0.4 is 16.4 Å². The third-order valence-corrected chi connectivity index (χ3v) is 5.09. The van der Waals surface area contributed by atoms with E-state index >= 15 is 0 Å². The summed E-state index contributed by atoms with van der Waals surface area (Å²) in [6.45, 7) is 4.42. The van der Waals surface area contributed by atoms with Crippen LogP contribution in [0.15, 0.2) is 24.3 Å². The molecule has 162 valence electrons. The van der Waals surface area contributed by atoms with E-state index in [1.165, 1.54) is 0 Å². The molecule has 29 heavy (non-hydrogen) atoms. The van der Waals surface area contributed by atoms with Gasteiger partial charge >= 0.3 is 0 Å². The van der Waals surface area contributed by atoms with Gasteiger partial charge in [-0.15, -0.1) is 12.4 Å². The van der Waals surface area contributed by atoms with E-state index in [0.29, 0.717) is 32.3 Å². The van der Waals surface area contributed by atoms with E-state index in [1.807, 2.05) is 38.1 Å². The molecule has 1 aromatic carbocycles. The van der Waals surface area contributed by atoms with Crippen LogP contribution in [0.1, 0.15) is 43.7 Å². The maximum Gasteiger partial charge on any atom is 0.236 e. The van der Waals surface area contributed by atoms with Gasteiger partial charge in [0.15, 0.2) is 0 Å². The molecule has 3 atom stereocenters. The summed E-state index contributed by atoms with van der Waals surface area (Å²) in [5.74, 6) is -1.04. The lowest BCUT2D eigenvalue weighted by Crippen LogP contribution is -2.51. The van der Waals surface area contributed by atoms with Gasteiger partial charge in [-0.2, -0.15) is 0 Å². The number of carbonyl (C=O) groups excluding carboxylic acids is 3. The van der Waals surface area contributed by atoms with Crippen LogP contribution in [0.4, 0.5) is 0 Å². The van der Waals surface area contributed by atoms with Gasteiger partial charge in [-0.3, -0.25) is 14.4 Å². The second kappa shape index (κ2) is 12.4. The third-order valence-electron chi connectivity index (χ3n) is 5.09. The molecule has 0 saturated heterocycles. The average molecular weight is 426 g/mol. The Kier molecular flexibility index (Phi) is 10.7. The molecule has 0 spiro atoms. The van der Waals surface area contributed by atoms with Gasteiger partial charge in [0.05, 0.1) is 25.1 Å². The maximum absolute atomic E-state index is 12.5. The van der Waals surface area contributed by atoms with Crippen molar-refractivity contribution in [2.45, 2.75) is 58.1 Å². The number of aryl methyl sites for hydroxylation is 1. The van der Waals surface area contributed by atoms with E-state index in [0.717, 1.165) is 17.5 Å². The summed E-state index contributed by atoms with van der Waals surface area (Å²) in [5.41, 5.74) is 7.18. The molecule has 1 fully saturated rings. The van der Waals surface area contributed by atoms with Crippen molar-refractivity contribution >= 4 is 30.1 Å². The quantitative estimate of drug-likeness (QED) is 0.558. The molecule has 4 N–H and O–H groups in total. The van der Waals surface area contributed by atoms with Gasteiger partial charge in [-0.25, -0.2) is 0 Å². The Bertz CT molecular complexity index is 698. The Morgan fingerprint density at radius 3 is 2.59 bits per heavy atom. The lowest BCUT2D eigenvalue weighted by Gasteiger charge is -2.36. The van der Waals surface area contributed by atoms with Gasteiger partial charge in [0, 0.05) is 12.5 Å². The first-order valence-electron chi connectivity index (χ1n) is 9.92. The Morgan fingerprint density at radius 1 is 1.21 bits per heavy atom. The van der Waals surface area contributed by atoms with Crippen LogP contribution in [0.5, 0.6) is 0 Å². The third kappa shape index (κ3) is 8.03. The first kappa shape index (κ1) is 24.9. The first-order chi connectivity index (χ1) is 13.4. The number of carbonyl (C=O) groups is 3. The zero-order valence-corrected chi connectivity index (χ0v) is 17.9. The van der Waals surface area contributed by atoms with Crippen molar-refractivity contribution in [1.29, 1.82) is 0 Å². The highest BCUT2D eigenvalue weighted by Crippen LogP contribution is 2.27. The minimum atomic E-state index is -0.565. The fourth-order valence-electron chi connectivity index (χ4n) is 3.54. The van der Waals surface area contributed by atoms with Crippen molar-refractivity contribution in [2.75, 3.05) is 13.2 Å². The predicted octanol–water partition coefficient (Wildman–Crippen LogP) is 1.64. The number of benzene rings is 1. The topological polar surface area (TPSA) is 111 Å². The van der Waals surface area contributed by atoms with Gasteiger partial charge in [0.25, 0.3) is 0 Å². The molecule has 8 heteroatoms. The number of hydrogen-bond acceptors (Lipinski definition) is 4. The molecule has 0 radical (unpaired) electrons. The normalized spacial score (nSPS) is 21.0. The fraction of sp³-hybridized carbons (Fsp3) is 0.571. The predicted molar refractivity (Wildman–Crippen MR) is 114 cm³/mol. The van der Waals surface area contributed by atoms with Crippen molar-refractivity contribution in [3.05, 3.63) is 35.4 Å². The summed E-state index contributed by atoms with van der Waals surface area (Å²) in [5, 5.41) is 5.66. The summed E-state index contributed by atoms with van der Waals surface area (Å²) in [6, 6.07) is 7.71. The number of nitrogens with two attached hydrogens (primary N) is 1. The number of nitrogens with one attached hydrogen (secondary N) is 2. The van der Waals surface area contributed by atoms with Crippen LogP contribution in [0.2, 0.25) is 0 Å². The molecule has 0 heterocycles. The molecule has 0 bridgehead atoms. The van der Waals surface area contributed by atoms with E-state index in [9.17, 15) is 14.4 Å². The molecule has 1 saturated carbocycles. The molecular formula is C21H32ClN3O4. The first-order valence-corrected chi connectivity index (χ1v) is 9.92. The van der Waals surface area contributed by atoms with Gasteiger partial charge < -0.3 is 21.1 Å². The van der Waals surface area contributed by atoms with Crippen LogP contribution in [0.25, 0.3) is 0 Å². The molecule has 1 aliphatic carbocycles. The van der Waals surface area contributed by atoms with E-state index in [4.69, 9.17) is 10.5 Å². The van der Waals surface area contributed by atoms with Crippen LogP contribution in [0.3, 0.4) is 0 Å². The number of halogens is 1. The Hall–Kier alpha value is -2.12. The number of ether oxygens (including phenoxy) is 1. The second-order valence-corrected chi connectivity index (χ2v) is 7.38. The van der Waals surface area contributed by atoms with Crippen molar-refractivity contribution in [3.8, 4) is 0 Å². The Balaban J connectivity index is 0.00000420. The molecule has 2 rings (SSSR count). The summed E-state index contributed by atoms with van der Waals surface area (Å²) in [4.78, 5) is 35.7. The van der Waals surface area contributed by atoms with Gasteiger partial charge in [0.2, 0.25) is 17.7 Å².